The number of hydrogen-bond acceptors (Lipinski definition) is 4. The molecule has 2 aromatic carbocycles. The molecule has 1 saturated carbocycles. The van der Waals surface area contributed by atoms with Gasteiger partial charge in [0.15, 0.2) is 0 Å². The number of rotatable bonds is 3. The maximum Gasteiger partial charge on any atom is 0.230 e. The second-order valence-electron chi connectivity index (χ2n) is 5.98. The molecule has 1 aliphatic carbocycles. The van der Waals surface area contributed by atoms with Crippen molar-refractivity contribution in [3.63, 3.8) is 0 Å². The minimum Gasteiger partial charge on any atom is -0.398 e. The van der Waals surface area contributed by atoms with Crippen LogP contribution in [0, 0.1) is 6.92 Å². The van der Waals surface area contributed by atoms with Crippen LogP contribution in [0.1, 0.15) is 35.3 Å². The highest BCUT2D eigenvalue weighted by Gasteiger charge is 2.43. The van der Waals surface area contributed by atoms with Crippen LogP contribution < -0.4 is 5.73 Å². The molecular weight excluding hydrogens is 310 g/mol. The summed E-state index contributed by atoms with van der Waals surface area (Å²) in [6.07, 6.45) is 1.03. The first-order valence-corrected chi connectivity index (χ1v) is 7.96. The third kappa shape index (κ3) is 2.59. The van der Waals surface area contributed by atoms with Crippen molar-refractivity contribution in [3.05, 3.63) is 64.5 Å². The van der Waals surface area contributed by atoms with E-state index in [-0.39, 0.29) is 0 Å². The Bertz CT molecular complexity index is 857. The van der Waals surface area contributed by atoms with Gasteiger partial charge in [-0.3, -0.25) is 0 Å². The number of benzene rings is 2. The van der Waals surface area contributed by atoms with Gasteiger partial charge in [-0.25, -0.2) is 0 Å². The maximum atomic E-state index is 5.95. The molecule has 1 fully saturated rings. The van der Waals surface area contributed by atoms with E-state index in [9.17, 15) is 0 Å². The van der Waals surface area contributed by atoms with E-state index in [0.717, 1.165) is 28.3 Å². The molecule has 4 nitrogen and oxygen atoms in total. The molecule has 2 unspecified atom stereocenters. The van der Waals surface area contributed by atoms with Crippen LogP contribution in [-0.4, -0.2) is 10.1 Å². The molecule has 3 aromatic rings. The van der Waals surface area contributed by atoms with E-state index in [4.69, 9.17) is 21.9 Å². The summed E-state index contributed by atoms with van der Waals surface area (Å²) in [5.41, 5.74) is 9.85. The molecule has 23 heavy (non-hydrogen) atoms. The van der Waals surface area contributed by atoms with Crippen LogP contribution in [0.4, 0.5) is 5.69 Å². The molecule has 5 heteroatoms. The number of aromatic nitrogens is 2. The van der Waals surface area contributed by atoms with Gasteiger partial charge in [-0.1, -0.05) is 41.0 Å². The molecule has 0 radical (unpaired) electrons. The second kappa shape index (κ2) is 5.39. The highest BCUT2D eigenvalue weighted by molar-refractivity contribution is 6.30. The maximum absolute atomic E-state index is 5.95. The average molecular weight is 326 g/mol. The first kappa shape index (κ1) is 14.3. The topological polar surface area (TPSA) is 64.9 Å². The van der Waals surface area contributed by atoms with Gasteiger partial charge in [-0.15, -0.1) is 0 Å². The number of hydrogen-bond donors (Lipinski definition) is 1. The van der Waals surface area contributed by atoms with Gasteiger partial charge in [0.1, 0.15) is 0 Å². The van der Waals surface area contributed by atoms with Crippen molar-refractivity contribution in [1.29, 1.82) is 0 Å². The summed E-state index contributed by atoms with van der Waals surface area (Å²) < 4.78 is 5.49. The normalized spacial score (nSPS) is 19.7. The van der Waals surface area contributed by atoms with Crippen molar-refractivity contribution < 1.29 is 4.52 Å². The van der Waals surface area contributed by atoms with Gasteiger partial charge < -0.3 is 10.3 Å². The Balaban J connectivity index is 1.58. The summed E-state index contributed by atoms with van der Waals surface area (Å²) in [6.45, 7) is 1.97. The zero-order valence-electron chi connectivity index (χ0n) is 12.7. The van der Waals surface area contributed by atoms with Crippen LogP contribution in [0.5, 0.6) is 0 Å². The van der Waals surface area contributed by atoms with Crippen LogP contribution in [0.25, 0.3) is 11.4 Å². The van der Waals surface area contributed by atoms with Crippen molar-refractivity contribution >= 4 is 17.3 Å². The third-order valence-electron chi connectivity index (χ3n) is 4.46. The van der Waals surface area contributed by atoms with Crippen LogP contribution in [0.3, 0.4) is 0 Å². The predicted molar refractivity (Wildman–Crippen MR) is 90.4 cm³/mol. The molecule has 4 rings (SSSR count). The summed E-state index contributed by atoms with van der Waals surface area (Å²) in [5.74, 6) is 2.02. The van der Waals surface area contributed by atoms with Crippen LogP contribution in [0.15, 0.2) is 47.0 Å². The summed E-state index contributed by atoms with van der Waals surface area (Å²) in [4.78, 5) is 4.58. The number of anilines is 1. The molecule has 0 spiro atoms. The minimum absolute atomic E-state index is 0.291. The third-order valence-corrected chi connectivity index (χ3v) is 4.72. The van der Waals surface area contributed by atoms with E-state index >= 15 is 0 Å². The number of nitrogens with zero attached hydrogens (tertiary/aromatic N) is 2. The van der Waals surface area contributed by atoms with Gasteiger partial charge in [-0.05, 0) is 48.6 Å². The first-order chi connectivity index (χ1) is 11.1. The Kier molecular flexibility index (Phi) is 3.34. The van der Waals surface area contributed by atoms with Gasteiger partial charge in [0.2, 0.25) is 11.7 Å². The Hall–Kier alpha value is -2.33. The lowest BCUT2D eigenvalue weighted by Gasteiger charge is -2.03. The molecular formula is C18H16ClN3O. The largest absolute Gasteiger partial charge is 0.398 e. The fourth-order valence-corrected chi connectivity index (χ4v) is 3.06. The highest BCUT2D eigenvalue weighted by atomic mass is 35.5. The molecule has 1 aliphatic rings. The first-order valence-electron chi connectivity index (χ1n) is 7.58. The Labute approximate surface area is 139 Å². The van der Waals surface area contributed by atoms with Gasteiger partial charge in [0.25, 0.3) is 0 Å². The van der Waals surface area contributed by atoms with Crippen LogP contribution in [0.2, 0.25) is 5.02 Å². The standard InChI is InChI=1S/C18H16ClN3O/c1-10-13(3-2-4-16(10)20)17-21-18(23-22-17)15-9-14(15)11-5-7-12(19)8-6-11/h2-8,14-15H,9,20H2,1H3. The van der Waals surface area contributed by atoms with Crippen LogP contribution in [-0.2, 0) is 0 Å². The Morgan fingerprint density at radius 3 is 2.70 bits per heavy atom. The van der Waals surface area contributed by atoms with E-state index in [1.165, 1.54) is 5.56 Å². The summed E-state index contributed by atoms with van der Waals surface area (Å²) in [5, 5.41) is 4.88. The number of nitrogen functional groups attached to an aromatic ring is 1. The Morgan fingerprint density at radius 2 is 1.91 bits per heavy atom. The van der Waals surface area contributed by atoms with Crippen molar-refractivity contribution in [2.45, 2.75) is 25.2 Å². The van der Waals surface area contributed by atoms with Crippen molar-refractivity contribution in [2.75, 3.05) is 5.73 Å². The zero-order chi connectivity index (χ0) is 16.0. The van der Waals surface area contributed by atoms with E-state index < -0.39 is 0 Å². The Morgan fingerprint density at radius 1 is 1.13 bits per heavy atom. The van der Waals surface area contributed by atoms with E-state index in [1.54, 1.807) is 0 Å². The van der Waals surface area contributed by atoms with Gasteiger partial charge in [0, 0.05) is 22.2 Å². The van der Waals surface area contributed by atoms with Gasteiger partial charge in [-0.2, -0.15) is 4.98 Å². The van der Waals surface area contributed by atoms with E-state index in [2.05, 4.69) is 22.3 Å². The number of nitrogens with two attached hydrogens (primary N) is 1. The van der Waals surface area contributed by atoms with Crippen LogP contribution >= 0.6 is 11.6 Å². The van der Waals surface area contributed by atoms with E-state index in [1.807, 2.05) is 37.3 Å². The molecule has 0 amide bonds. The molecule has 1 aromatic heterocycles. The molecule has 0 saturated heterocycles. The average Bonchev–Trinajstić information content (AvgIpc) is 3.20. The summed E-state index contributed by atoms with van der Waals surface area (Å²) in [7, 11) is 0. The fraction of sp³-hybridized carbons (Fsp3) is 0.222. The zero-order valence-corrected chi connectivity index (χ0v) is 13.4. The minimum atomic E-state index is 0.291. The van der Waals surface area contributed by atoms with Gasteiger partial charge in [0.05, 0.1) is 0 Å². The monoisotopic (exact) mass is 325 g/mol. The van der Waals surface area contributed by atoms with Crippen molar-refractivity contribution in [2.24, 2.45) is 0 Å². The fourth-order valence-electron chi connectivity index (χ4n) is 2.94. The van der Waals surface area contributed by atoms with Crippen molar-refractivity contribution in [1.82, 2.24) is 10.1 Å². The second-order valence-corrected chi connectivity index (χ2v) is 6.41. The summed E-state index contributed by atoms with van der Waals surface area (Å²) >= 11 is 5.94. The molecule has 2 N–H and O–H groups in total. The summed E-state index contributed by atoms with van der Waals surface area (Å²) in [6, 6.07) is 13.7. The molecule has 0 bridgehead atoms. The van der Waals surface area contributed by atoms with E-state index in [0.29, 0.717) is 23.6 Å². The lowest BCUT2D eigenvalue weighted by Crippen LogP contribution is -1.93. The molecule has 1 heterocycles. The molecule has 116 valence electrons. The van der Waals surface area contributed by atoms with Gasteiger partial charge >= 0.3 is 0 Å². The predicted octanol–water partition coefficient (Wildman–Crippen LogP) is 4.55. The van der Waals surface area contributed by atoms with Crippen molar-refractivity contribution in [3.8, 4) is 11.4 Å². The SMILES string of the molecule is Cc1c(N)cccc1-c1noc(C2CC2c2ccc(Cl)cc2)n1. The highest BCUT2D eigenvalue weighted by Crippen LogP contribution is 2.54. The quantitative estimate of drug-likeness (QED) is 0.717. The molecule has 2 atom stereocenters. The lowest BCUT2D eigenvalue weighted by atomic mass is 10.1. The number of halogens is 1. The lowest BCUT2D eigenvalue weighted by molar-refractivity contribution is 0.378. The molecule has 0 aliphatic heterocycles. The smallest absolute Gasteiger partial charge is 0.230 e.